The molecule has 2 rings (SSSR count). The SMILES string of the molecule is Cc1ccc(NC(=O)C(C)N2CCC(CO)C2)c(F)c1. The number of aryl methyl sites for hydroxylation is 1. The van der Waals surface area contributed by atoms with Crippen molar-refractivity contribution < 1.29 is 14.3 Å². The van der Waals surface area contributed by atoms with Crippen LogP contribution in [0, 0.1) is 18.7 Å². The molecular formula is C15H21FN2O2. The Hall–Kier alpha value is -1.46. The normalized spacial score (nSPS) is 20.9. The minimum atomic E-state index is -0.416. The number of benzene rings is 1. The number of nitrogens with zero attached hydrogens (tertiary/aromatic N) is 1. The van der Waals surface area contributed by atoms with E-state index < -0.39 is 5.82 Å². The maximum absolute atomic E-state index is 13.7. The first-order chi connectivity index (χ1) is 9.51. The fraction of sp³-hybridized carbons (Fsp3) is 0.533. The zero-order valence-corrected chi connectivity index (χ0v) is 11.9. The number of rotatable bonds is 4. The molecule has 1 fully saturated rings. The lowest BCUT2D eigenvalue weighted by atomic mass is 10.1. The monoisotopic (exact) mass is 280 g/mol. The van der Waals surface area contributed by atoms with Crippen LogP contribution >= 0.6 is 0 Å². The average Bonchev–Trinajstić information content (AvgIpc) is 2.89. The molecule has 110 valence electrons. The molecular weight excluding hydrogens is 259 g/mol. The number of carbonyl (C=O) groups excluding carboxylic acids is 1. The summed E-state index contributed by atoms with van der Waals surface area (Å²) in [5.41, 5.74) is 1.03. The Kier molecular flexibility index (Phi) is 4.73. The molecule has 2 atom stereocenters. The van der Waals surface area contributed by atoms with Gasteiger partial charge in [0, 0.05) is 13.2 Å². The molecule has 1 heterocycles. The fourth-order valence-corrected chi connectivity index (χ4v) is 2.49. The summed E-state index contributed by atoms with van der Waals surface area (Å²) in [5.74, 6) is -0.395. The highest BCUT2D eigenvalue weighted by atomic mass is 19.1. The highest BCUT2D eigenvalue weighted by Gasteiger charge is 2.29. The van der Waals surface area contributed by atoms with Crippen LogP contribution in [0.4, 0.5) is 10.1 Å². The summed E-state index contributed by atoms with van der Waals surface area (Å²) in [6.45, 7) is 5.26. The van der Waals surface area contributed by atoms with Gasteiger partial charge in [-0.3, -0.25) is 9.69 Å². The summed E-state index contributed by atoms with van der Waals surface area (Å²) in [6, 6.07) is 4.42. The molecule has 1 aliphatic heterocycles. The van der Waals surface area contributed by atoms with Gasteiger partial charge in [0.25, 0.3) is 0 Å². The molecule has 2 N–H and O–H groups in total. The van der Waals surface area contributed by atoms with Crippen LogP contribution in [-0.4, -0.2) is 41.7 Å². The van der Waals surface area contributed by atoms with Crippen molar-refractivity contribution in [3.63, 3.8) is 0 Å². The zero-order valence-electron chi connectivity index (χ0n) is 11.9. The fourth-order valence-electron chi connectivity index (χ4n) is 2.49. The third-order valence-corrected chi connectivity index (χ3v) is 3.89. The van der Waals surface area contributed by atoms with Crippen LogP contribution in [0.3, 0.4) is 0 Å². The smallest absolute Gasteiger partial charge is 0.241 e. The molecule has 0 aliphatic carbocycles. The van der Waals surface area contributed by atoms with E-state index in [0.717, 1.165) is 18.5 Å². The van der Waals surface area contributed by atoms with Gasteiger partial charge in [0.15, 0.2) is 0 Å². The highest BCUT2D eigenvalue weighted by Crippen LogP contribution is 2.20. The number of halogens is 1. The van der Waals surface area contributed by atoms with Crippen LogP contribution in [0.2, 0.25) is 0 Å². The predicted octanol–water partition coefficient (Wildman–Crippen LogP) is 1.78. The van der Waals surface area contributed by atoms with Crippen LogP contribution in [0.25, 0.3) is 0 Å². The van der Waals surface area contributed by atoms with Crippen LogP contribution in [0.5, 0.6) is 0 Å². The van der Waals surface area contributed by atoms with Crippen LogP contribution < -0.4 is 5.32 Å². The van der Waals surface area contributed by atoms with E-state index >= 15 is 0 Å². The first-order valence-electron chi connectivity index (χ1n) is 6.93. The number of hydrogen-bond donors (Lipinski definition) is 2. The van der Waals surface area contributed by atoms with Crippen molar-refractivity contribution in [1.82, 2.24) is 4.90 Å². The summed E-state index contributed by atoms with van der Waals surface area (Å²) in [6.07, 6.45) is 0.896. The molecule has 2 unspecified atom stereocenters. The van der Waals surface area contributed by atoms with Crippen molar-refractivity contribution in [2.24, 2.45) is 5.92 Å². The summed E-state index contributed by atoms with van der Waals surface area (Å²) in [7, 11) is 0. The van der Waals surface area contributed by atoms with Crippen molar-refractivity contribution in [2.75, 3.05) is 25.0 Å². The Labute approximate surface area is 118 Å². The van der Waals surface area contributed by atoms with E-state index in [9.17, 15) is 9.18 Å². The lowest BCUT2D eigenvalue weighted by Gasteiger charge is -2.23. The summed E-state index contributed by atoms with van der Waals surface area (Å²) in [4.78, 5) is 14.2. The molecule has 1 aliphatic rings. The van der Waals surface area contributed by atoms with Crippen LogP contribution in [0.1, 0.15) is 18.9 Å². The molecule has 1 amide bonds. The van der Waals surface area contributed by atoms with Crippen molar-refractivity contribution in [3.8, 4) is 0 Å². The molecule has 0 aromatic heterocycles. The Morgan fingerprint density at radius 3 is 2.95 bits per heavy atom. The molecule has 0 saturated carbocycles. The van der Waals surface area contributed by atoms with Gasteiger partial charge in [-0.05, 0) is 50.4 Å². The van der Waals surface area contributed by atoms with E-state index in [-0.39, 0.29) is 30.2 Å². The lowest BCUT2D eigenvalue weighted by Crippen LogP contribution is -2.41. The minimum absolute atomic E-state index is 0.150. The number of likely N-dealkylation sites (tertiary alicyclic amines) is 1. The van der Waals surface area contributed by atoms with Crippen molar-refractivity contribution in [3.05, 3.63) is 29.6 Å². The van der Waals surface area contributed by atoms with Crippen molar-refractivity contribution in [2.45, 2.75) is 26.3 Å². The van der Waals surface area contributed by atoms with E-state index in [4.69, 9.17) is 5.11 Å². The third kappa shape index (κ3) is 3.35. The highest BCUT2D eigenvalue weighted by molar-refractivity contribution is 5.94. The predicted molar refractivity (Wildman–Crippen MR) is 76.0 cm³/mol. The summed E-state index contributed by atoms with van der Waals surface area (Å²) in [5, 5.41) is 11.8. The maximum Gasteiger partial charge on any atom is 0.241 e. The summed E-state index contributed by atoms with van der Waals surface area (Å²) < 4.78 is 13.7. The first-order valence-corrected chi connectivity index (χ1v) is 6.93. The molecule has 1 saturated heterocycles. The van der Waals surface area contributed by atoms with Crippen molar-refractivity contribution >= 4 is 11.6 Å². The maximum atomic E-state index is 13.7. The average molecular weight is 280 g/mol. The lowest BCUT2D eigenvalue weighted by molar-refractivity contribution is -0.120. The molecule has 1 aromatic rings. The number of nitrogens with one attached hydrogen (secondary N) is 1. The van der Waals surface area contributed by atoms with Crippen molar-refractivity contribution in [1.29, 1.82) is 0 Å². The Morgan fingerprint density at radius 1 is 1.60 bits per heavy atom. The van der Waals surface area contributed by atoms with E-state index in [0.29, 0.717) is 6.54 Å². The standard InChI is InChI=1S/C15H21FN2O2/c1-10-3-4-14(13(16)7-10)17-15(20)11(2)18-6-5-12(8-18)9-19/h3-4,7,11-12,19H,5-6,8-9H2,1-2H3,(H,17,20). The van der Waals surface area contributed by atoms with Crippen LogP contribution in [-0.2, 0) is 4.79 Å². The second-order valence-electron chi connectivity index (χ2n) is 5.48. The van der Waals surface area contributed by atoms with Gasteiger partial charge in [0.05, 0.1) is 11.7 Å². The van der Waals surface area contributed by atoms with Crippen LogP contribution in [0.15, 0.2) is 18.2 Å². The molecule has 4 nitrogen and oxygen atoms in total. The Balaban J connectivity index is 1.97. The van der Waals surface area contributed by atoms with Gasteiger partial charge in [0.2, 0.25) is 5.91 Å². The quantitative estimate of drug-likeness (QED) is 0.884. The van der Waals surface area contributed by atoms with Gasteiger partial charge in [-0.2, -0.15) is 0 Å². The van der Waals surface area contributed by atoms with Gasteiger partial charge >= 0.3 is 0 Å². The number of aliphatic hydroxyl groups is 1. The minimum Gasteiger partial charge on any atom is -0.396 e. The molecule has 0 radical (unpaired) electrons. The second-order valence-corrected chi connectivity index (χ2v) is 5.48. The van der Waals surface area contributed by atoms with E-state index in [1.165, 1.54) is 6.07 Å². The third-order valence-electron chi connectivity index (χ3n) is 3.89. The molecule has 0 bridgehead atoms. The van der Waals surface area contributed by atoms with Gasteiger partial charge in [-0.15, -0.1) is 0 Å². The van der Waals surface area contributed by atoms with Gasteiger partial charge in [-0.1, -0.05) is 6.07 Å². The van der Waals surface area contributed by atoms with E-state index in [1.54, 1.807) is 26.0 Å². The van der Waals surface area contributed by atoms with Gasteiger partial charge in [-0.25, -0.2) is 4.39 Å². The topological polar surface area (TPSA) is 52.6 Å². The van der Waals surface area contributed by atoms with E-state index in [2.05, 4.69) is 5.32 Å². The Morgan fingerprint density at radius 2 is 2.35 bits per heavy atom. The number of anilines is 1. The van der Waals surface area contributed by atoms with E-state index in [1.807, 2.05) is 4.90 Å². The van der Waals surface area contributed by atoms with Gasteiger partial charge < -0.3 is 10.4 Å². The first kappa shape index (κ1) is 14.9. The number of carbonyl (C=O) groups is 1. The zero-order chi connectivity index (χ0) is 14.7. The summed E-state index contributed by atoms with van der Waals surface area (Å²) >= 11 is 0. The molecule has 0 spiro atoms. The van der Waals surface area contributed by atoms with Gasteiger partial charge in [0.1, 0.15) is 5.82 Å². The largest absolute Gasteiger partial charge is 0.396 e. The molecule has 5 heteroatoms. The Bertz CT molecular complexity index is 493. The number of amides is 1. The number of hydrogen-bond acceptors (Lipinski definition) is 3. The number of aliphatic hydroxyl groups excluding tert-OH is 1. The second kappa shape index (κ2) is 6.33. The molecule has 1 aromatic carbocycles. The molecule has 20 heavy (non-hydrogen) atoms.